The zero-order valence-electron chi connectivity index (χ0n) is 11.0. The minimum Gasteiger partial charge on any atom is -0.311 e. The van der Waals surface area contributed by atoms with Crippen molar-refractivity contribution in [2.24, 2.45) is 0 Å². The van der Waals surface area contributed by atoms with Crippen molar-refractivity contribution >= 4 is 10.0 Å². The average Bonchev–Trinajstić information content (AvgIpc) is 2.80. The van der Waals surface area contributed by atoms with Crippen LogP contribution >= 0.6 is 0 Å². The zero-order valence-corrected chi connectivity index (χ0v) is 11.8. The molecular formula is C13H24N2O2S. The Morgan fingerprint density at radius 2 is 1.78 bits per heavy atom. The molecule has 3 aliphatic rings. The molecular weight excluding hydrogens is 248 g/mol. The van der Waals surface area contributed by atoms with Crippen LogP contribution in [0.2, 0.25) is 0 Å². The summed E-state index contributed by atoms with van der Waals surface area (Å²) in [6.45, 7) is 0.956. The van der Waals surface area contributed by atoms with Crippen LogP contribution in [0.15, 0.2) is 0 Å². The SMILES string of the molecule is O=S(=O)(NC1CCNC2(CCC2)C1)C1CCCC1. The van der Waals surface area contributed by atoms with Gasteiger partial charge in [0.2, 0.25) is 10.0 Å². The first-order valence-corrected chi connectivity index (χ1v) is 8.91. The molecule has 0 aromatic carbocycles. The Labute approximate surface area is 110 Å². The Morgan fingerprint density at radius 3 is 2.39 bits per heavy atom. The van der Waals surface area contributed by atoms with Crippen LogP contribution in [0, 0.1) is 0 Å². The standard InChI is InChI=1S/C13H24N2O2S/c16-18(17,12-4-1-2-5-12)15-11-6-9-14-13(10-11)7-3-8-13/h11-12,14-15H,1-10H2. The molecule has 3 rings (SSSR count). The minimum absolute atomic E-state index is 0.121. The molecule has 2 aliphatic carbocycles. The molecule has 0 aromatic heterocycles. The molecule has 0 radical (unpaired) electrons. The molecule has 1 atom stereocenters. The van der Waals surface area contributed by atoms with E-state index in [0.717, 1.165) is 45.1 Å². The Morgan fingerprint density at radius 1 is 1.06 bits per heavy atom. The largest absolute Gasteiger partial charge is 0.311 e. The summed E-state index contributed by atoms with van der Waals surface area (Å²) in [5, 5.41) is 3.46. The fourth-order valence-electron chi connectivity index (χ4n) is 3.77. The predicted molar refractivity (Wildman–Crippen MR) is 71.9 cm³/mol. The molecule has 18 heavy (non-hydrogen) atoms. The van der Waals surface area contributed by atoms with E-state index < -0.39 is 10.0 Å². The van der Waals surface area contributed by atoms with Gasteiger partial charge in [0.15, 0.2) is 0 Å². The van der Waals surface area contributed by atoms with Gasteiger partial charge in [-0.05, 0) is 51.5 Å². The highest BCUT2D eigenvalue weighted by atomic mass is 32.2. The Bertz CT molecular complexity index is 397. The molecule has 1 heterocycles. The van der Waals surface area contributed by atoms with E-state index in [-0.39, 0.29) is 16.8 Å². The molecule has 1 unspecified atom stereocenters. The molecule has 1 aliphatic heterocycles. The van der Waals surface area contributed by atoms with E-state index in [9.17, 15) is 8.42 Å². The maximum absolute atomic E-state index is 12.3. The number of hydrogen-bond donors (Lipinski definition) is 2. The van der Waals surface area contributed by atoms with Gasteiger partial charge in [-0.1, -0.05) is 12.8 Å². The maximum Gasteiger partial charge on any atom is 0.214 e. The van der Waals surface area contributed by atoms with Crippen molar-refractivity contribution in [2.45, 2.75) is 74.6 Å². The van der Waals surface area contributed by atoms with Gasteiger partial charge >= 0.3 is 0 Å². The fraction of sp³-hybridized carbons (Fsp3) is 1.00. The highest BCUT2D eigenvalue weighted by molar-refractivity contribution is 7.90. The van der Waals surface area contributed by atoms with Gasteiger partial charge in [0.05, 0.1) is 5.25 Å². The normalized spacial score (nSPS) is 32.6. The Kier molecular flexibility index (Phi) is 3.41. The van der Waals surface area contributed by atoms with Gasteiger partial charge in [0.1, 0.15) is 0 Å². The second-order valence-electron chi connectivity index (χ2n) is 6.32. The van der Waals surface area contributed by atoms with Crippen molar-refractivity contribution < 1.29 is 8.42 Å². The molecule has 0 aromatic rings. The molecule has 5 heteroatoms. The lowest BCUT2D eigenvalue weighted by molar-refractivity contribution is 0.126. The van der Waals surface area contributed by atoms with E-state index in [2.05, 4.69) is 10.0 Å². The van der Waals surface area contributed by atoms with Crippen molar-refractivity contribution in [1.82, 2.24) is 10.0 Å². The minimum atomic E-state index is -3.07. The fourth-order valence-corrected chi connectivity index (χ4v) is 5.58. The summed E-state index contributed by atoms with van der Waals surface area (Å²) >= 11 is 0. The summed E-state index contributed by atoms with van der Waals surface area (Å²) in [6.07, 6.45) is 9.49. The first-order valence-electron chi connectivity index (χ1n) is 7.36. The van der Waals surface area contributed by atoms with Gasteiger partial charge in [-0.2, -0.15) is 0 Å². The van der Waals surface area contributed by atoms with Gasteiger partial charge in [0.25, 0.3) is 0 Å². The van der Waals surface area contributed by atoms with Gasteiger partial charge < -0.3 is 5.32 Å². The van der Waals surface area contributed by atoms with Crippen molar-refractivity contribution in [3.05, 3.63) is 0 Å². The van der Waals surface area contributed by atoms with E-state index in [4.69, 9.17) is 0 Å². The third-order valence-corrected chi connectivity index (χ3v) is 7.02. The molecule has 104 valence electrons. The predicted octanol–water partition coefficient (Wildman–Crippen LogP) is 1.52. The van der Waals surface area contributed by atoms with E-state index in [1.54, 1.807) is 0 Å². The molecule has 3 fully saturated rings. The smallest absolute Gasteiger partial charge is 0.214 e. The third-order valence-electron chi connectivity index (χ3n) is 5.01. The van der Waals surface area contributed by atoms with Gasteiger partial charge in [-0.15, -0.1) is 0 Å². The van der Waals surface area contributed by atoms with Gasteiger partial charge in [-0.25, -0.2) is 13.1 Å². The number of nitrogens with one attached hydrogen (secondary N) is 2. The molecule has 2 saturated carbocycles. The summed E-state index contributed by atoms with van der Waals surface area (Å²) in [4.78, 5) is 0. The van der Waals surface area contributed by atoms with Crippen LogP contribution in [0.1, 0.15) is 57.8 Å². The van der Waals surface area contributed by atoms with Crippen LogP contribution in [0.4, 0.5) is 0 Å². The topological polar surface area (TPSA) is 58.2 Å². The molecule has 2 N–H and O–H groups in total. The average molecular weight is 272 g/mol. The summed E-state index contributed by atoms with van der Waals surface area (Å²) in [5.41, 5.74) is 0.265. The summed E-state index contributed by atoms with van der Waals surface area (Å²) in [5.74, 6) is 0. The van der Waals surface area contributed by atoms with Crippen molar-refractivity contribution in [3.8, 4) is 0 Å². The van der Waals surface area contributed by atoms with E-state index >= 15 is 0 Å². The number of rotatable bonds is 3. The summed E-state index contributed by atoms with van der Waals surface area (Å²) in [7, 11) is -3.07. The molecule has 1 saturated heterocycles. The molecule has 0 amide bonds. The van der Waals surface area contributed by atoms with E-state index in [0.29, 0.717) is 0 Å². The second-order valence-corrected chi connectivity index (χ2v) is 8.31. The molecule has 4 nitrogen and oxygen atoms in total. The molecule has 1 spiro atoms. The van der Waals surface area contributed by atoms with E-state index in [1.807, 2.05) is 0 Å². The van der Waals surface area contributed by atoms with Crippen LogP contribution in [0.25, 0.3) is 0 Å². The van der Waals surface area contributed by atoms with Crippen LogP contribution in [0.3, 0.4) is 0 Å². The lowest BCUT2D eigenvalue weighted by atomic mass is 9.70. The number of sulfonamides is 1. The molecule has 0 bridgehead atoms. The Balaban J connectivity index is 1.61. The third kappa shape index (κ3) is 2.45. The second kappa shape index (κ2) is 4.76. The summed E-state index contributed by atoms with van der Waals surface area (Å²) in [6, 6.07) is 0.164. The highest BCUT2D eigenvalue weighted by Gasteiger charge is 2.42. The van der Waals surface area contributed by atoms with Gasteiger partial charge in [0, 0.05) is 11.6 Å². The summed E-state index contributed by atoms with van der Waals surface area (Å²) < 4.78 is 27.6. The number of hydrogen-bond acceptors (Lipinski definition) is 3. The van der Waals surface area contributed by atoms with Crippen molar-refractivity contribution in [3.63, 3.8) is 0 Å². The quantitative estimate of drug-likeness (QED) is 0.819. The zero-order chi connectivity index (χ0) is 12.6. The lowest BCUT2D eigenvalue weighted by Crippen LogP contribution is -2.60. The highest BCUT2D eigenvalue weighted by Crippen LogP contribution is 2.38. The first kappa shape index (κ1) is 12.9. The first-order chi connectivity index (χ1) is 8.60. The van der Waals surface area contributed by atoms with Crippen molar-refractivity contribution in [1.29, 1.82) is 0 Å². The van der Waals surface area contributed by atoms with Gasteiger partial charge in [-0.3, -0.25) is 0 Å². The van der Waals surface area contributed by atoms with Crippen molar-refractivity contribution in [2.75, 3.05) is 6.54 Å². The Hall–Kier alpha value is -0.130. The number of piperidine rings is 1. The van der Waals surface area contributed by atoms with Crippen LogP contribution in [-0.4, -0.2) is 31.8 Å². The van der Waals surface area contributed by atoms with Crippen LogP contribution < -0.4 is 10.0 Å². The van der Waals surface area contributed by atoms with Crippen LogP contribution in [-0.2, 0) is 10.0 Å². The van der Waals surface area contributed by atoms with Crippen LogP contribution in [0.5, 0.6) is 0 Å². The maximum atomic E-state index is 12.3. The monoisotopic (exact) mass is 272 g/mol. The van der Waals surface area contributed by atoms with E-state index in [1.165, 1.54) is 19.3 Å². The lowest BCUT2D eigenvalue weighted by Gasteiger charge is -2.48.